The number of nitrogens with zero attached hydrogens (tertiary/aromatic N) is 2. The minimum absolute atomic E-state index is 0. The van der Waals surface area contributed by atoms with Crippen molar-refractivity contribution in [1.29, 1.82) is 0 Å². The third-order valence-electron chi connectivity index (χ3n) is 4.00. The highest BCUT2D eigenvalue weighted by atomic mass is 127. The number of nitrogens with one attached hydrogen (secondary N) is 1. The summed E-state index contributed by atoms with van der Waals surface area (Å²) in [6.45, 7) is 5.16. The molecular weight excluding hydrogens is 439 g/mol. The lowest BCUT2D eigenvalue weighted by Gasteiger charge is -2.34. The lowest BCUT2D eigenvalue weighted by molar-refractivity contribution is -0.119. The van der Waals surface area contributed by atoms with Crippen LogP contribution in [-0.2, 0) is 11.3 Å². The van der Waals surface area contributed by atoms with E-state index in [2.05, 4.69) is 17.1 Å². The first-order valence-electron chi connectivity index (χ1n) is 8.15. The van der Waals surface area contributed by atoms with Crippen molar-refractivity contribution in [1.82, 2.24) is 10.2 Å². The Morgan fingerprint density at radius 2 is 2.21 bits per heavy atom. The molecule has 1 unspecified atom stereocenters. The fourth-order valence-electron chi connectivity index (χ4n) is 2.92. The molecule has 1 aliphatic rings. The van der Waals surface area contributed by atoms with Crippen molar-refractivity contribution in [3.05, 3.63) is 34.9 Å². The van der Waals surface area contributed by atoms with E-state index >= 15 is 0 Å². The van der Waals surface area contributed by atoms with E-state index in [4.69, 9.17) is 22.3 Å². The first-order valence-corrected chi connectivity index (χ1v) is 8.53. The monoisotopic (exact) mass is 464 g/mol. The third kappa shape index (κ3) is 6.47. The molecule has 1 aliphatic heterocycles. The van der Waals surface area contributed by atoms with Gasteiger partial charge in [0, 0.05) is 31.1 Å². The van der Waals surface area contributed by atoms with Gasteiger partial charge >= 0.3 is 0 Å². The van der Waals surface area contributed by atoms with E-state index in [-0.39, 0.29) is 29.9 Å². The zero-order valence-corrected chi connectivity index (χ0v) is 17.1. The van der Waals surface area contributed by atoms with Gasteiger partial charge in [-0.15, -0.1) is 24.0 Å². The Bertz CT molecular complexity index is 567. The zero-order chi connectivity index (χ0) is 16.7. The van der Waals surface area contributed by atoms with E-state index in [1.807, 2.05) is 24.3 Å². The summed E-state index contributed by atoms with van der Waals surface area (Å²) in [4.78, 5) is 18.1. The predicted octanol–water partition coefficient (Wildman–Crippen LogP) is 3.01. The van der Waals surface area contributed by atoms with Crippen LogP contribution in [0.3, 0.4) is 0 Å². The van der Waals surface area contributed by atoms with Gasteiger partial charge in [-0.1, -0.05) is 29.8 Å². The van der Waals surface area contributed by atoms with Crippen LogP contribution in [0.5, 0.6) is 0 Å². The van der Waals surface area contributed by atoms with E-state index < -0.39 is 0 Å². The molecule has 0 saturated carbocycles. The molecule has 24 heavy (non-hydrogen) atoms. The van der Waals surface area contributed by atoms with Gasteiger partial charge in [0.05, 0.1) is 6.54 Å². The summed E-state index contributed by atoms with van der Waals surface area (Å²) in [6, 6.07) is 7.75. The van der Waals surface area contributed by atoms with Crippen LogP contribution in [0.2, 0.25) is 5.02 Å². The molecule has 1 fully saturated rings. The van der Waals surface area contributed by atoms with Crippen LogP contribution in [0.15, 0.2) is 29.3 Å². The SMILES string of the molecule is CCNC(=NCc1ccccc1Cl)N1CCCC(CC(N)=O)C1.I. The second kappa shape index (κ2) is 10.8. The number of guanidine groups is 1. The topological polar surface area (TPSA) is 70.7 Å². The summed E-state index contributed by atoms with van der Waals surface area (Å²) in [5.41, 5.74) is 6.35. The van der Waals surface area contributed by atoms with Gasteiger partial charge in [0.25, 0.3) is 0 Å². The molecule has 0 radical (unpaired) electrons. The summed E-state index contributed by atoms with van der Waals surface area (Å²) >= 11 is 6.20. The number of carbonyl (C=O) groups excluding carboxylic acids is 1. The lowest BCUT2D eigenvalue weighted by Crippen LogP contribution is -2.47. The Kier molecular flexibility index (Phi) is 9.43. The van der Waals surface area contributed by atoms with Crippen molar-refractivity contribution >= 4 is 47.4 Å². The average molecular weight is 465 g/mol. The predicted molar refractivity (Wildman–Crippen MR) is 110 cm³/mol. The zero-order valence-electron chi connectivity index (χ0n) is 14.0. The molecule has 2 rings (SSSR count). The Morgan fingerprint density at radius 1 is 1.46 bits per heavy atom. The molecule has 5 nitrogen and oxygen atoms in total. The highest BCUT2D eigenvalue weighted by Gasteiger charge is 2.23. The first-order chi connectivity index (χ1) is 11.1. The van der Waals surface area contributed by atoms with Gasteiger partial charge in [-0.3, -0.25) is 4.79 Å². The van der Waals surface area contributed by atoms with Crippen LogP contribution in [0, 0.1) is 5.92 Å². The van der Waals surface area contributed by atoms with Gasteiger partial charge in [-0.2, -0.15) is 0 Å². The summed E-state index contributed by atoms with van der Waals surface area (Å²) in [5, 5.41) is 4.07. The molecule has 0 aliphatic carbocycles. The van der Waals surface area contributed by atoms with E-state index in [0.29, 0.717) is 18.9 Å². The third-order valence-corrected chi connectivity index (χ3v) is 4.37. The number of rotatable bonds is 5. The number of carbonyl (C=O) groups is 1. The second-order valence-corrected chi connectivity index (χ2v) is 6.29. The molecule has 1 atom stereocenters. The van der Waals surface area contributed by atoms with Crippen molar-refractivity contribution in [2.45, 2.75) is 32.7 Å². The van der Waals surface area contributed by atoms with Gasteiger partial charge in [0.15, 0.2) is 5.96 Å². The van der Waals surface area contributed by atoms with Gasteiger partial charge in [0.1, 0.15) is 0 Å². The fraction of sp³-hybridized carbons (Fsp3) is 0.529. The van der Waals surface area contributed by atoms with Crippen LogP contribution in [-0.4, -0.2) is 36.4 Å². The van der Waals surface area contributed by atoms with E-state index in [1.165, 1.54) is 0 Å². The molecule has 1 heterocycles. The van der Waals surface area contributed by atoms with Gasteiger partial charge in [0.2, 0.25) is 5.91 Å². The number of aliphatic imine (C=N–C) groups is 1. The molecule has 0 aromatic heterocycles. The van der Waals surface area contributed by atoms with Crippen LogP contribution in [0.1, 0.15) is 31.7 Å². The molecular formula is C17H26ClIN4O. The van der Waals surface area contributed by atoms with Crippen LogP contribution in [0.4, 0.5) is 0 Å². The van der Waals surface area contributed by atoms with Gasteiger partial charge in [-0.05, 0) is 37.3 Å². The second-order valence-electron chi connectivity index (χ2n) is 5.89. The first kappa shape index (κ1) is 21.0. The number of nitrogens with two attached hydrogens (primary N) is 1. The summed E-state index contributed by atoms with van der Waals surface area (Å²) in [6.07, 6.45) is 2.54. The highest BCUT2D eigenvalue weighted by Crippen LogP contribution is 2.20. The molecule has 7 heteroatoms. The minimum Gasteiger partial charge on any atom is -0.370 e. The number of benzene rings is 1. The average Bonchev–Trinajstić information content (AvgIpc) is 2.52. The van der Waals surface area contributed by atoms with Crippen LogP contribution >= 0.6 is 35.6 Å². The molecule has 1 amide bonds. The van der Waals surface area contributed by atoms with E-state index in [9.17, 15) is 4.79 Å². The van der Waals surface area contributed by atoms with Crippen molar-refractivity contribution in [2.75, 3.05) is 19.6 Å². The standard InChI is InChI=1S/C17H25ClN4O.HI/c1-2-20-17(21-11-14-7-3-4-8-15(14)18)22-9-5-6-13(12-22)10-16(19)23;/h3-4,7-8,13H,2,5-6,9-12H2,1H3,(H2,19,23)(H,20,21);1H. The maximum Gasteiger partial charge on any atom is 0.217 e. The van der Waals surface area contributed by atoms with E-state index in [1.54, 1.807) is 0 Å². The fourth-order valence-corrected chi connectivity index (χ4v) is 3.12. The number of piperidine rings is 1. The maximum atomic E-state index is 11.2. The molecule has 1 saturated heterocycles. The summed E-state index contributed by atoms with van der Waals surface area (Å²) < 4.78 is 0. The van der Waals surface area contributed by atoms with Crippen LogP contribution in [0.25, 0.3) is 0 Å². The maximum absolute atomic E-state index is 11.2. The van der Waals surface area contributed by atoms with Gasteiger partial charge in [-0.25, -0.2) is 4.99 Å². The van der Waals surface area contributed by atoms with Crippen LogP contribution < -0.4 is 11.1 Å². The summed E-state index contributed by atoms with van der Waals surface area (Å²) in [7, 11) is 0. The van der Waals surface area contributed by atoms with Crippen molar-refractivity contribution in [3.63, 3.8) is 0 Å². The Labute approximate surface area is 166 Å². The normalized spacial score (nSPS) is 18.0. The lowest BCUT2D eigenvalue weighted by atomic mass is 9.95. The van der Waals surface area contributed by atoms with Gasteiger partial charge < -0.3 is 16.0 Å². The molecule has 0 spiro atoms. The Balaban J connectivity index is 0.00000288. The Morgan fingerprint density at radius 3 is 2.88 bits per heavy atom. The molecule has 1 aromatic rings. The van der Waals surface area contributed by atoms with Crippen molar-refractivity contribution < 1.29 is 4.79 Å². The molecule has 0 bridgehead atoms. The Hall–Kier alpha value is -1.02. The van der Waals surface area contributed by atoms with E-state index in [0.717, 1.165) is 49.0 Å². The largest absolute Gasteiger partial charge is 0.370 e. The smallest absolute Gasteiger partial charge is 0.217 e. The summed E-state index contributed by atoms with van der Waals surface area (Å²) in [5.74, 6) is 0.960. The number of halogens is 2. The minimum atomic E-state index is -0.227. The van der Waals surface area contributed by atoms with Crippen molar-refractivity contribution in [3.8, 4) is 0 Å². The number of primary amides is 1. The number of likely N-dealkylation sites (tertiary alicyclic amines) is 1. The molecule has 3 N–H and O–H groups in total. The molecule has 134 valence electrons. The number of hydrogen-bond donors (Lipinski definition) is 2. The number of amides is 1. The van der Waals surface area contributed by atoms with Crippen molar-refractivity contribution in [2.24, 2.45) is 16.6 Å². The highest BCUT2D eigenvalue weighted by molar-refractivity contribution is 14.0. The molecule has 1 aromatic carbocycles. The number of hydrogen-bond acceptors (Lipinski definition) is 2. The quantitative estimate of drug-likeness (QED) is 0.400.